The van der Waals surface area contributed by atoms with E-state index in [0.29, 0.717) is 5.95 Å². The maximum atomic E-state index is 6.12. The van der Waals surface area contributed by atoms with Crippen LogP contribution in [0.15, 0.2) is 24.5 Å². The number of nitrogen functional groups attached to an aromatic ring is 1. The van der Waals surface area contributed by atoms with E-state index in [1.807, 2.05) is 28.4 Å². The van der Waals surface area contributed by atoms with E-state index >= 15 is 0 Å². The van der Waals surface area contributed by atoms with E-state index in [1.54, 1.807) is 12.4 Å². The number of nitrogens with two attached hydrogens (primary N) is 1. The normalized spacial score (nSPS) is 12.9. The molecule has 0 aliphatic carbocycles. The highest BCUT2D eigenvalue weighted by atomic mass is 15.4. The van der Waals surface area contributed by atoms with Gasteiger partial charge in [0.25, 0.3) is 0 Å². The summed E-state index contributed by atoms with van der Waals surface area (Å²) in [7, 11) is 1.93. The Morgan fingerprint density at radius 3 is 2.65 bits per heavy atom. The highest BCUT2D eigenvalue weighted by Gasteiger charge is 2.21. The van der Waals surface area contributed by atoms with E-state index in [0.717, 1.165) is 28.8 Å². The number of pyridine rings is 1. The second-order valence-corrected chi connectivity index (χ2v) is 4.89. The summed E-state index contributed by atoms with van der Waals surface area (Å²) in [4.78, 5) is 8.55. The second kappa shape index (κ2) is 4.63. The van der Waals surface area contributed by atoms with E-state index in [9.17, 15) is 0 Å². The van der Waals surface area contributed by atoms with Gasteiger partial charge in [-0.1, -0.05) is 6.92 Å². The van der Waals surface area contributed by atoms with Gasteiger partial charge in [-0.15, -0.1) is 0 Å². The number of fused-ring (bicyclic) bond motifs is 1. The van der Waals surface area contributed by atoms with E-state index in [2.05, 4.69) is 28.9 Å². The third-order valence-electron chi connectivity index (χ3n) is 3.67. The maximum Gasteiger partial charge on any atom is 0.203 e. The first kappa shape index (κ1) is 12.7. The fourth-order valence-corrected chi connectivity index (χ4v) is 2.63. The Bertz CT molecular complexity index is 740. The van der Waals surface area contributed by atoms with Gasteiger partial charge in [0.2, 0.25) is 5.95 Å². The van der Waals surface area contributed by atoms with Crippen LogP contribution in [0.2, 0.25) is 0 Å². The lowest BCUT2D eigenvalue weighted by Crippen LogP contribution is -2.12. The van der Waals surface area contributed by atoms with Crippen LogP contribution in [0.5, 0.6) is 0 Å². The van der Waals surface area contributed by atoms with E-state index < -0.39 is 0 Å². The average Bonchev–Trinajstić information content (AvgIpc) is 2.96. The summed E-state index contributed by atoms with van der Waals surface area (Å²) in [6, 6.07) is 4.07. The first-order chi connectivity index (χ1) is 9.63. The number of nitrogens with zero attached hydrogens (tertiary/aromatic N) is 5. The van der Waals surface area contributed by atoms with E-state index in [4.69, 9.17) is 5.73 Å². The van der Waals surface area contributed by atoms with Gasteiger partial charge in [-0.2, -0.15) is 5.10 Å². The molecule has 20 heavy (non-hydrogen) atoms. The van der Waals surface area contributed by atoms with Crippen molar-refractivity contribution in [3.63, 3.8) is 0 Å². The molecule has 0 bridgehead atoms. The standard InChI is InChI=1S/C14H18N6/c1-4-11-12-13(19(3)18-11)20(14(15)17-12)9(2)10-5-7-16-8-6-10/h5-9H,4H2,1-3H3,(H2,15,17). The Balaban J connectivity index is 2.21. The zero-order chi connectivity index (χ0) is 14.3. The van der Waals surface area contributed by atoms with Crippen molar-refractivity contribution in [1.29, 1.82) is 0 Å². The predicted octanol–water partition coefficient (Wildman–Crippen LogP) is 1.92. The number of imidazole rings is 1. The van der Waals surface area contributed by atoms with Crippen molar-refractivity contribution >= 4 is 17.1 Å². The van der Waals surface area contributed by atoms with Gasteiger partial charge in [0.15, 0.2) is 5.65 Å². The Morgan fingerprint density at radius 2 is 2.00 bits per heavy atom. The molecule has 6 nitrogen and oxygen atoms in total. The lowest BCUT2D eigenvalue weighted by atomic mass is 10.1. The van der Waals surface area contributed by atoms with Gasteiger partial charge in [-0.05, 0) is 31.0 Å². The molecule has 0 radical (unpaired) electrons. The topological polar surface area (TPSA) is 74.6 Å². The van der Waals surface area contributed by atoms with Gasteiger partial charge < -0.3 is 5.73 Å². The maximum absolute atomic E-state index is 6.12. The number of rotatable bonds is 3. The first-order valence-corrected chi connectivity index (χ1v) is 6.72. The Labute approximate surface area is 117 Å². The van der Waals surface area contributed by atoms with Crippen molar-refractivity contribution in [2.75, 3.05) is 5.73 Å². The molecule has 3 heterocycles. The molecule has 1 atom stereocenters. The van der Waals surface area contributed by atoms with Crippen LogP contribution >= 0.6 is 0 Å². The van der Waals surface area contributed by atoms with Crippen molar-refractivity contribution in [1.82, 2.24) is 24.3 Å². The summed E-state index contributed by atoms with van der Waals surface area (Å²) in [5.41, 5.74) is 10.1. The van der Waals surface area contributed by atoms with Crippen LogP contribution in [0, 0.1) is 0 Å². The zero-order valence-corrected chi connectivity index (χ0v) is 11.9. The molecule has 0 aromatic carbocycles. The molecule has 0 saturated carbocycles. The minimum Gasteiger partial charge on any atom is -0.369 e. The molecule has 3 aromatic rings. The number of anilines is 1. The predicted molar refractivity (Wildman–Crippen MR) is 78.3 cm³/mol. The minimum absolute atomic E-state index is 0.0862. The summed E-state index contributed by atoms with van der Waals surface area (Å²) in [6.45, 7) is 4.18. The SMILES string of the molecule is CCc1nn(C)c2c1nc(N)n2C(C)c1ccncc1. The van der Waals surface area contributed by atoms with Crippen LogP contribution < -0.4 is 5.73 Å². The highest BCUT2D eigenvalue weighted by Crippen LogP contribution is 2.28. The molecule has 0 aliphatic heterocycles. The van der Waals surface area contributed by atoms with Crippen LogP contribution in [-0.2, 0) is 13.5 Å². The average molecular weight is 270 g/mol. The second-order valence-electron chi connectivity index (χ2n) is 4.89. The highest BCUT2D eigenvalue weighted by molar-refractivity contribution is 5.78. The molecule has 0 amide bonds. The van der Waals surface area contributed by atoms with Crippen molar-refractivity contribution in [3.8, 4) is 0 Å². The molecular formula is C14H18N6. The summed E-state index contributed by atoms with van der Waals surface area (Å²) in [6.07, 6.45) is 4.42. The molecule has 2 N–H and O–H groups in total. The molecule has 3 aromatic heterocycles. The fourth-order valence-electron chi connectivity index (χ4n) is 2.63. The van der Waals surface area contributed by atoms with Crippen molar-refractivity contribution in [3.05, 3.63) is 35.8 Å². The first-order valence-electron chi connectivity index (χ1n) is 6.72. The van der Waals surface area contributed by atoms with Gasteiger partial charge in [-0.25, -0.2) is 4.98 Å². The quantitative estimate of drug-likeness (QED) is 0.789. The molecule has 6 heteroatoms. The molecule has 0 saturated heterocycles. The molecule has 0 spiro atoms. The number of aromatic nitrogens is 5. The number of hydrogen-bond acceptors (Lipinski definition) is 4. The molecule has 104 valence electrons. The van der Waals surface area contributed by atoms with Gasteiger partial charge in [0, 0.05) is 19.4 Å². The minimum atomic E-state index is 0.0862. The van der Waals surface area contributed by atoms with Crippen molar-refractivity contribution in [2.24, 2.45) is 7.05 Å². The molecular weight excluding hydrogens is 252 g/mol. The lowest BCUT2D eigenvalue weighted by Gasteiger charge is -2.16. The van der Waals surface area contributed by atoms with Gasteiger partial charge in [-0.3, -0.25) is 14.2 Å². The zero-order valence-electron chi connectivity index (χ0n) is 11.9. The third kappa shape index (κ3) is 1.76. The number of aryl methyl sites for hydroxylation is 2. The van der Waals surface area contributed by atoms with Crippen LogP contribution in [0.25, 0.3) is 11.2 Å². The smallest absolute Gasteiger partial charge is 0.203 e. The largest absolute Gasteiger partial charge is 0.369 e. The summed E-state index contributed by atoms with van der Waals surface area (Å²) in [5, 5.41) is 4.51. The molecule has 1 unspecified atom stereocenters. The molecule has 3 rings (SSSR count). The Kier molecular flexibility index (Phi) is 2.93. The molecule has 0 fully saturated rings. The van der Waals surface area contributed by atoms with Gasteiger partial charge in [0.1, 0.15) is 5.52 Å². The van der Waals surface area contributed by atoms with E-state index in [1.165, 1.54) is 0 Å². The Morgan fingerprint density at radius 1 is 1.30 bits per heavy atom. The van der Waals surface area contributed by atoms with Gasteiger partial charge >= 0.3 is 0 Å². The van der Waals surface area contributed by atoms with Crippen molar-refractivity contribution in [2.45, 2.75) is 26.3 Å². The van der Waals surface area contributed by atoms with Crippen LogP contribution in [0.3, 0.4) is 0 Å². The van der Waals surface area contributed by atoms with Crippen molar-refractivity contribution < 1.29 is 0 Å². The van der Waals surface area contributed by atoms with Gasteiger partial charge in [0.05, 0.1) is 11.7 Å². The monoisotopic (exact) mass is 270 g/mol. The molecule has 0 aliphatic rings. The lowest BCUT2D eigenvalue weighted by molar-refractivity contribution is 0.634. The van der Waals surface area contributed by atoms with Crippen LogP contribution in [0.1, 0.15) is 31.1 Å². The van der Waals surface area contributed by atoms with Crippen LogP contribution in [0.4, 0.5) is 5.95 Å². The fraction of sp³-hybridized carbons (Fsp3) is 0.357. The summed E-state index contributed by atoms with van der Waals surface area (Å²) in [5.74, 6) is 0.520. The Hall–Kier alpha value is -2.37. The summed E-state index contributed by atoms with van der Waals surface area (Å²) < 4.78 is 3.88. The number of hydrogen-bond donors (Lipinski definition) is 1. The summed E-state index contributed by atoms with van der Waals surface area (Å²) >= 11 is 0. The van der Waals surface area contributed by atoms with E-state index in [-0.39, 0.29) is 6.04 Å². The third-order valence-corrected chi connectivity index (χ3v) is 3.67. The van der Waals surface area contributed by atoms with Crippen LogP contribution in [-0.4, -0.2) is 24.3 Å².